The van der Waals surface area contributed by atoms with Crippen LogP contribution in [0, 0.1) is 0 Å². The van der Waals surface area contributed by atoms with Crippen molar-refractivity contribution in [1.29, 1.82) is 0 Å². The number of hydrogen-bond acceptors (Lipinski definition) is 4. The predicted molar refractivity (Wildman–Crippen MR) is 61.9 cm³/mol. The summed E-state index contributed by atoms with van der Waals surface area (Å²) in [6.07, 6.45) is 0.782. The Bertz CT molecular complexity index is 183. The summed E-state index contributed by atoms with van der Waals surface area (Å²) in [6.45, 7) is 7.43. The van der Waals surface area contributed by atoms with E-state index in [4.69, 9.17) is 4.74 Å². The molecule has 90 valence electrons. The number of hydrogen-bond donors (Lipinski definition) is 1. The van der Waals surface area contributed by atoms with Gasteiger partial charge in [-0.1, -0.05) is 0 Å². The summed E-state index contributed by atoms with van der Waals surface area (Å²) in [6, 6.07) is 0.316. The van der Waals surface area contributed by atoms with E-state index in [1.807, 2.05) is 6.92 Å². The molecule has 1 atom stereocenters. The van der Waals surface area contributed by atoms with Gasteiger partial charge in [-0.15, -0.1) is 0 Å². The van der Waals surface area contributed by atoms with Crippen molar-refractivity contribution in [1.82, 2.24) is 10.2 Å². The summed E-state index contributed by atoms with van der Waals surface area (Å²) in [7, 11) is 3.85. The molecule has 0 spiro atoms. The highest BCUT2D eigenvalue weighted by Crippen LogP contribution is 2.00. The zero-order valence-electron chi connectivity index (χ0n) is 10.5. The quantitative estimate of drug-likeness (QED) is 0.641. The number of carbonyl (C=O) groups is 1. The molecule has 0 bridgehead atoms. The zero-order valence-corrected chi connectivity index (χ0v) is 10.5. The molecule has 0 aromatic carbocycles. The molecule has 0 aliphatic rings. The van der Waals surface area contributed by atoms with E-state index in [1.54, 1.807) is 7.05 Å². The third kappa shape index (κ3) is 5.74. The van der Waals surface area contributed by atoms with Crippen molar-refractivity contribution >= 4 is 5.97 Å². The van der Waals surface area contributed by atoms with Crippen LogP contribution in [0.5, 0.6) is 0 Å². The van der Waals surface area contributed by atoms with Crippen LogP contribution >= 0.6 is 0 Å². The summed E-state index contributed by atoms with van der Waals surface area (Å²) in [5.74, 6) is -0.155. The lowest BCUT2D eigenvalue weighted by Gasteiger charge is -2.23. The smallest absolute Gasteiger partial charge is 0.323 e. The van der Waals surface area contributed by atoms with Gasteiger partial charge in [-0.2, -0.15) is 0 Å². The summed E-state index contributed by atoms with van der Waals surface area (Å²) in [4.78, 5) is 13.7. The van der Waals surface area contributed by atoms with Crippen LogP contribution in [0.25, 0.3) is 0 Å². The van der Waals surface area contributed by atoms with E-state index in [9.17, 15) is 4.79 Å². The number of nitrogens with one attached hydrogen (secondary N) is 1. The topological polar surface area (TPSA) is 41.6 Å². The third-order valence-electron chi connectivity index (χ3n) is 2.57. The second kappa shape index (κ2) is 7.65. The van der Waals surface area contributed by atoms with E-state index in [0.29, 0.717) is 12.6 Å². The van der Waals surface area contributed by atoms with Crippen LogP contribution in [-0.4, -0.2) is 50.2 Å². The fourth-order valence-corrected chi connectivity index (χ4v) is 1.21. The summed E-state index contributed by atoms with van der Waals surface area (Å²) >= 11 is 0. The van der Waals surface area contributed by atoms with Gasteiger partial charge in [-0.25, -0.2) is 0 Å². The zero-order chi connectivity index (χ0) is 11.8. The highest BCUT2D eigenvalue weighted by molar-refractivity contribution is 5.75. The Morgan fingerprint density at radius 3 is 2.47 bits per heavy atom. The Morgan fingerprint density at radius 1 is 1.47 bits per heavy atom. The van der Waals surface area contributed by atoms with Crippen LogP contribution in [0.4, 0.5) is 0 Å². The van der Waals surface area contributed by atoms with Gasteiger partial charge < -0.3 is 15.0 Å². The fourth-order valence-electron chi connectivity index (χ4n) is 1.21. The highest BCUT2D eigenvalue weighted by atomic mass is 16.5. The Morgan fingerprint density at radius 2 is 2.07 bits per heavy atom. The number of esters is 1. The molecule has 1 unspecified atom stereocenters. The average Bonchev–Trinajstić information content (AvgIpc) is 2.18. The molecule has 0 aliphatic heterocycles. The molecule has 0 aromatic heterocycles. The lowest BCUT2D eigenvalue weighted by atomic mass is 10.2. The lowest BCUT2D eigenvalue weighted by Crippen LogP contribution is -2.39. The molecule has 15 heavy (non-hydrogen) atoms. The van der Waals surface area contributed by atoms with Crippen molar-refractivity contribution in [2.24, 2.45) is 0 Å². The van der Waals surface area contributed by atoms with E-state index >= 15 is 0 Å². The van der Waals surface area contributed by atoms with Gasteiger partial charge in [0.15, 0.2) is 0 Å². The fraction of sp³-hybridized carbons (Fsp3) is 0.909. The molecule has 1 N–H and O–H groups in total. The van der Waals surface area contributed by atoms with Gasteiger partial charge >= 0.3 is 5.97 Å². The van der Waals surface area contributed by atoms with Crippen LogP contribution in [-0.2, 0) is 9.53 Å². The van der Waals surface area contributed by atoms with E-state index in [2.05, 4.69) is 31.1 Å². The van der Waals surface area contributed by atoms with Gasteiger partial charge in [0.2, 0.25) is 0 Å². The number of rotatable bonds is 7. The Kier molecular flexibility index (Phi) is 7.34. The van der Waals surface area contributed by atoms with Crippen molar-refractivity contribution < 1.29 is 9.53 Å². The molecular weight excluding hydrogens is 192 g/mol. The monoisotopic (exact) mass is 216 g/mol. The number of carbonyl (C=O) groups excluding carboxylic acids is 1. The molecule has 0 aliphatic carbocycles. The first kappa shape index (κ1) is 14.4. The van der Waals surface area contributed by atoms with E-state index in [1.165, 1.54) is 0 Å². The third-order valence-corrected chi connectivity index (χ3v) is 2.57. The van der Waals surface area contributed by atoms with Crippen LogP contribution in [0.2, 0.25) is 0 Å². The van der Waals surface area contributed by atoms with Gasteiger partial charge in [0, 0.05) is 12.6 Å². The maximum absolute atomic E-state index is 11.5. The Labute approximate surface area is 93.0 Å². The lowest BCUT2D eigenvalue weighted by molar-refractivity contribution is -0.145. The maximum Gasteiger partial charge on any atom is 0.323 e. The minimum absolute atomic E-state index is 0.155. The summed E-state index contributed by atoms with van der Waals surface area (Å²) < 4.78 is 4.97. The van der Waals surface area contributed by atoms with Crippen LogP contribution < -0.4 is 5.32 Å². The average molecular weight is 216 g/mol. The van der Waals surface area contributed by atoms with Crippen LogP contribution in [0.3, 0.4) is 0 Å². The maximum atomic E-state index is 11.5. The SMILES string of the molecule is CCOC(=O)C(CCN(C)C(C)C)NC. The van der Waals surface area contributed by atoms with Gasteiger partial charge in [0.25, 0.3) is 0 Å². The molecule has 0 saturated heterocycles. The van der Waals surface area contributed by atoms with E-state index < -0.39 is 0 Å². The molecule has 0 radical (unpaired) electrons. The molecule has 0 saturated carbocycles. The number of likely N-dealkylation sites (N-methyl/N-ethyl adjacent to an activating group) is 1. The summed E-state index contributed by atoms with van der Waals surface area (Å²) in [5.41, 5.74) is 0. The van der Waals surface area contributed by atoms with Crippen molar-refractivity contribution in [3.63, 3.8) is 0 Å². The minimum atomic E-state index is -0.189. The molecule has 0 amide bonds. The first-order chi connectivity index (χ1) is 7.02. The molecule has 4 heteroatoms. The number of nitrogens with zero attached hydrogens (tertiary/aromatic N) is 1. The molecular formula is C11H24N2O2. The predicted octanol–water partition coefficient (Wildman–Crippen LogP) is 0.868. The Hall–Kier alpha value is -0.610. The second-order valence-electron chi connectivity index (χ2n) is 3.96. The molecule has 0 fully saturated rings. The van der Waals surface area contributed by atoms with Crippen molar-refractivity contribution in [3.05, 3.63) is 0 Å². The largest absolute Gasteiger partial charge is 0.465 e. The molecule has 0 heterocycles. The first-order valence-electron chi connectivity index (χ1n) is 5.57. The molecule has 4 nitrogen and oxygen atoms in total. The van der Waals surface area contributed by atoms with Gasteiger partial charge in [-0.05, 0) is 41.3 Å². The van der Waals surface area contributed by atoms with E-state index in [0.717, 1.165) is 13.0 Å². The minimum Gasteiger partial charge on any atom is -0.465 e. The Balaban J connectivity index is 3.94. The van der Waals surface area contributed by atoms with Crippen molar-refractivity contribution in [2.45, 2.75) is 39.3 Å². The summed E-state index contributed by atoms with van der Waals surface area (Å²) in [5, 5.41) is 2.98. The standard InChI is InChI=1S/C11H24N2O2/c1-6-15-11(14)10(12-4)7-8-13(5)9(2)3/h9-10,12H,6-8H2,1-5H3. The molecule has 0 aromatic rings. The van der Waals surface area contributed by atoms with Crippen LogP contribution in [0.1, 0.15) is 27.2 Å². The highest BCUT2D eigenvalue weighted by Gasteiger charge is 2.18. The van der Waals surface area contributed by atoms with Gasteiger partial charge in [-0.3, -0.25) is 4.79 Å². The first-order valence-corrected chi connectivity index (χ1v) is 5.57. The van der Waals surface area contributed by atoms with Crippen molar-refractivity contribution in [2.75, 3.05) is 27.2 Å². The number of ether oxygens (including phenoxy) is 1. The van der Waals surface area contributed by atoms with Crippen LogP contribution in [0.15, 0.2) is 0 Å². The van der Waals surface area contributed by atoms with Crippen molar-refractivity contribution in [3.8, 4) is 0 Å². The van der Waals surface area contributed by atoms with E-state index in [-0.39, 0.29) is 12.0 Å². The second-order valence-corrected chi connectivity index (χ2v) is 3.96. The van der Waals surface area contributed by atoms with Gasteiger partial charge in [0.05, 0.1) is 6.61 Å². The molecule has 0 rings (SSSR count). The normalized spacial score (nSPS) is 13.3. The van der Waals surface area contributed by atoms with Gasteiger partial charge in [0.1, 0.15) is 6.04 Å².